The van der Waals surface area contributed by atoms with E-state index in [0.717, 1.165) is 32.4 Å². The SMILES string of the molecule is FC(F)(F)CCOCCC1CCNCC1. The van der Waals surface area contributed by atoms with E-state index in [4.69, 9.17) is 4.74 Å². The Labute approximate surface area is 88.2 Å². The maximum atomic E-state index is 11.7. The molecule has 0 radical (unpaired) electrons. The van der Waals surface area contributed by atoms with Crippen LogP contribution < -0.4 is 5.32 Å². The molecule has 0 aromatic heterocycles. The van der Waals surface area contributed by atoms with E-state index in [-0.39, 0.29) is 6.61 Å². The number of hydrogen-bond donors (Lipinski definition) is 1. The predicted octanol–water partition coefficient (Wildman–Crippen LogP) is 2.35. The van der Waals surface area contributed by atoms with Crippen molar-refractivity contribution in [3.05, 3.63) is 0 Å². The van der Waals surface area contributed by atoms with E-state index in [1.165, 1.54) is 0 Å². The number of hydrogen-bond acceptors (Lipinski definition) is 2. The Morgan fingerprint density at radius 2 is 1.80 bits per heavy atom. The van der Waals surface area contributed by atoms with Gasteiger partial charge in [0.25, 0.3) is 0 Å². The smallest absolute Gasteiger partial charge is 0.381 e. The van der Waals surface area contributed by atoms with Gasteiger partial charge >= 0.3 is 6.18 Å². The lowest BCUT2D eigenvalue weighted by Gasteiger charge is -2.22. The molecule has 1 fully saturated rings. The third kappa shape index (κ3) is 6.73. The molecule has 1 aliphatic heterocycles. The lowest BCUT2D eigenvalue weighted by Crippen LogP contribution is -2.28. The first kappa shape index (κ1) is 12.8. The molecule has 0 aromatic carbocycles. The van der Waals surface area contributed by atoms with Crippen LogP contribution in [0.25, 0.3) is 0 Å². The highest BCUT2D eigenvalue weighted by Crippen LogP contribution is 2.19. The molecule has 2 nitrogen and oxygen atoms in total. The summed E-state index contributed by atoms with van der Waals surface area (Å²) in [5, 5.41) is 3.25. The van der Waals surface area contributed by atoms with Crippen molar-refractivity contribution in [2.75, 3.05) is 26.3 Å². The first-order valence-corrected chi connectivity index (χ1v) is 5.43. The van der Waals surface area contributed by atoms with Crippen LogP contribution in [0.15, 0.2) is 0 Å². The lowest BCUT2D eigenvalue weighted by molar-refractivity contribution is -0.145. The average Bonchev–Trinajstić information content (AvgIpc) is 2.17. The molecule has 5 heteroatoms. The van der Waals surface area contributed by atoms with Crippen LogP contribution in [0.5, 0.6) is 0 Å². The van der Waals surface area contributed by atoms with E-state index in [2.05, 4.69) is 5.32 Å². The van der Waals surface area contributed by atoms with Crippen LogP contribution in [-0.2, 0) is 4.74 Å². The fourth-order valence-corrected chi connectivity index (χ4v) is 1.71. The summed E-state index contributed by atoms with van der Waals surface area (Å²) < 4.78 is 40.2. The standard InChI is InChI=1S/C10H18F3NO/c11-10(12,13)4-8-15-7-3-9-1-5-14-6-2-9/h9,14H,1-8H2. The molecule has 0 aromatic rings. The molecule has 1 aliphatic rings. The van der Waals surface area contributed by atoms with E-state index in [9.17, 15) is 13.2 Å². The molecule has 0 aliphatic carbocycles. The molecule has 0 atom stereocenters. The van der Waals surface area contributed by atoms with E-state index in [1.54, 1.807) is 0 Å². The van der Waals surface area contributed by atoms with Crippen molar-refractivity contribution >= 4 is 0 Å². The molecule has 90 valence electrons. The zero-order valence-corrected chi connectivity index (χ0v) is 8.78. The first-order valence-electron chi connectivity index (χ1n) is 5.43. The van der Waals surface area contributed by atoms with Crippen LogP contribution in [0, 0.1) is 5.92 Å². The van der Waals surface area contributed by atoms with Gasteiger partial charge in [-0.05, 0) is 38.3 Å². The molecule has 0 amide bonds. The molecular formula is C10H18F3NO. The van der Waals surface area contributed by atoms with E-state index < -0.39 is 12.6 Å². The largest absolute Gasteiger partial charge is 0.391 e. The minimum absolute atomic E-state index is 0.200. The minimum Gasteiger partial charge on any atom is -0.381 e. The molecule has 1 saturated heterocycles. The van der Waals surface area contributed by atoms with Gasteiger partial charge in [-0.1, -0.05) is 0 Å². The lowest BCUT2D eigenvalue weighted by atomic mass is 9.95. The predicted molar refractivity (Wildman–Crippen MR) is 51.7 cm³/mol. The number of nitrogens with one attached hydrogen (secondary N) is 1. The summed E-state index contributed by atoms with van der Waals surface area (Å²) in [6, 6.07) is 0. The van der Waals surface area contributed by atoms with Gasteiger partial charge in [0.15, 0.2) is 0 Å². The summed E-state index contributed by atoms with van der Waals surface area (Å²) in [5.74, 6) is 0.622. The van der Waals surface area contributed by atoms with Crippen LogP contribution in [0.4, 0.5) is 13.2 Å². The Morgan fingerprint density at radius 1 is 1.13 bits per heavy atom. The van der Waals surface area contributed by atoms with Crippen LogP contribution in [0.2, 0.25) is 0 Å². The van der Waals surface area contributed by atoms with Crippen LogP contribution in [0.3, 0.4) is 0 Å². The maximum Gasteiger partial charge on any atom is 0.391 e. The first-order chi connectivity index (χ1) is 7.08. The highest BCUT2D eigenvalue weighted by Gasteiger charge is 2.26. The van der Waals surface area contributed by atoms with Gasteiger partial charge in [0.05, 0.1) is 13.0 Å². The van der Waals surface area contributed by atoms with Gasteiger partial charge in [-0.15, -0.1) is 0 Å². The van der Waals surface area contributed by atoms with Gasteiger partial charge in [0.1, 0.15) is 0 Å². The van der Waals surface area contributed by atoms with Gasteiger partial charge in [-0.2, -0.15) is 13.2 Å². The quantitative estimate of drug-likeness (QED) is 0.725. The summed E-state index contributed by atoms with van der Waals surface area (Å²) in [6.45, 7) is 2.30. The van der Waals surface area contributed by atoms with Gasteiger partial charge in [-0.3, -0.25) is 0 Å². The van der Waals surface area contributed by atoms with Crippen molar-refractivity contribution in [3.8, 4) is 0 Å². The summed E-state index contributed by atoms with van der Waals surface area (Å²) in [5.41, 5.74) is 0. The zero-order chi connectivity index (χ0) is 11.1. The third-order valence-corrected chi connectivity index (χ3v) is 2.66. The summed E-state index contributed by atoms with van der Waals surface area (Å²) in [6.07, 6.45) is -1.81. The minimum atomic E-state index is -4.09. The van der Waals surface area contributed by atoms with Crippen LogP contribution >= 0.6 is 0 Å². The average molecular weight is 225 g/mol. The van der Waals surface area contributed by atoms with Crippen molar-refractivity contribution in [1.82, 2.24) is 5.32 Å². The molecule has 1 N–H and O–H groups in total. The zero-order valence-electron chi connectivity index (χ0n) is 8.78. The van der Waals surface area contributed by atoms with E-state index in [1.807, 2.05) is 0 Å². The molecule has 0 bridgehead atoms. The normalized spacial score (nSPS) is 19.4. The molecule has 0 unspecified atom stereocenters. The van der Waals surface area contributed by atoms with Gasteiger partial charge in [-0.25, -0.2) is 0 Å². The second kappa shape index (κ2) is 6.33. The van der Waals surface area contributed by atoms with Crippen molar-refractivity contribution in [2.45, 2.75) is 31.9 Å². The summed E-state index contributed by atoms with van der Waals surface area (Å²) in [4.78, 5) is 0. The monoisotopic (exact) mass is 225 g/mol. The Kier molecular flexibility index (Phi) is 5.39. The van der Waals surface area contributed by atoms with Crippen molar-refractivity contribution in [2.24, 2.45) is 5.92 Å². The number of ether oxygens (including phenoxy) is 1. The van der Waals surface area contributed by atoms with Gasteiger partial charge in [0, 0.05) is 6.61 Å². The number of rotatable bonds is 5. The van der Waals surface area contributed by atoms with Crippen LogP contribution in [-0.4, -0.2) is 32.5 Å². The highest BCUT2D eigenvalue weighted by molar-refractivity contribution is 4.67. The van der Waals surface area contributed by atoms with Gasteiger partial charge in [0.2, 0.25) is 0 Å². The van der Waals surface area contributed by atoms with Crippen LogP contribution in [0.1, 0.15) is 25.7 Å². The van der Waals surface area contributed by atoms with Crippen molar-refractivity contribution < 1.29 is 17.9 Å². The van der Waals surface area contributed by atoms with E-state index >= 15 is 0 Å². The number of piperidine rings is 1. The van der Waals surface area contributed by atoms with Gasteiger partial charge < -0.3 is 10.1 Å². The van der Waals surface area contributed by atoms with E-state index in [0.29, 0.717) is 12.5 Å². The fourth-order valence-electron chi connectivity index (χ4n) is 1.71. The molecule has 0 spiro atoms. The molecular weight excluding hydrogens is 207 g/mol. The Bertz CT molecular complexity index is 167. The Hall–Kier alpha value is -0.290. The second-order valence-corrected chi connectivity index (χ2v) is 3.96. The Morgan fingerprint density at radius 3 is 2.40 bits per heavy atom. The highest BCUT2D eigenvalue weighted by atomic mass is 19.4. The molecule has 1 heterocycles. The maximum absolute atomic E-state index is 11.7. The fraction of sp³-hybridized carbons (Fsp3) is 1.00. The molecule has 1 rings (SSSR count). The number of alkyl halides is 3. The second-order valence-electron chi connectivity index (χ2n) is 3.96. The molecule has 0 saturated carbocycles. The molecule has 15 heavy (non-hydrogen) atoms. The summed E-state index contributed by atoms with van der Waals surface area (Å²) >= 11 is 0. The Balaban J connectivity index is 1.92. The third-order valence-electron chi connectivity index (χ3n) is 2.66. The summed E-state index contributed by atoms with van der Waals surface area (Å²) in [7, 11) is 0. The number of halogens is 3. The van der Waals surface area contributed by atoms with Crippen molar-refractivity contribution in [1.29, 1.82) is 0 Å². The topological polar surface area (TPSA) is 21.3 Å². The van der Waals surface area contributed by atoms with Crippen molar-refractivity contribution in [3.63, 3.8) is 0 Å².